The third-order valence-corrected chi connectivity index (χ3v) is 3.20. The number of halogens is 3. The molecule has 0 fully saturated rings. The van der Waals surface area contributed by atoms with Crippen molar-refractivity contribution in [3.05, 3.63) is 46.5 Å². The molecule has 0 amide bonds. The Morgan fingerprint density at radius 3 is 2.83 bits per heavy atom. The van der Waals surface area contributed by atoms with Gasteiger partial charge < -0.3 is 9.88 Å². The molecular formula is C12H12BrF2N3. The van der Waals surface area contributed by atoms with Crippen LogP contribution in [0.4, 0.5) is 14.5 Å². The lowest BCUT2D eigenvalue weighted by molar-refractivity contribution is 0.595. The molecule has 1 N–H and O–H groups in total. The summed E-state index contributed by atoms with van der Waals surface area (Å²) in [6.45, 7) is 3.12. The van der Waals surface area contributed by atoms with Crippen LogP contribution in [0.15, 0.2) is 29.0 Å². The van der Waals surface area contributed by atoms with Gasteiger partial charge >= 0.3 is 0 Å². The van der Waals surface area contributed by atoms with E-state index in [9.17, 15) is 8.78 Å². The minimum Gasteiger partial charge on any atom is -0.375 e. The first-order valence-electron chi connectivity index (χ1n) is 5.50. The van der Waals surface area contributed by atoms with E-state index in [2.05, 4.69) is 26.2 Å². The molecule has 18 heavy (non-hydrogen) atoms. The minimum absolute atomic E-state index is 0.112. The number of anilines is 1. The summed E-state index contributed by atoms with van der Waals surface area (Å²) in [4.78, 5) is 4.15. The van der Waals surface area contributed by atoms with Crippen molar-refractivity contribution in [1.82, 2.24) is 9.55 Å². The summed E-state index contributed by atoms with van der Waals surface area (Å²) in [6.07, 6.45) is 3.52. The number of aryl methyl sites for hydroxylation is 1. The first kappa shape index (κ1) is 13.0. The van der Waals surface area contributed by atoms with Gasteiger partial charge in [-0.05, 0) is 28.9 Å². The maximum absolute atomic E-state index is 13.6. The van der Waals surface area contributed by atoms with Crippen molar-refractivity contribution in [3.8, 4) is 0 Å². The molecule has 0 atom stereocenters. The number of imidazole rings is 1. The Balaban J connectivity index is 2.13. The van der Waals surface area contributed by atoms with Crippen LogP contribution in [0.3, 0.4) is 0 Å². The van der Waals surface area contributed by atoms with Gasteiger partial charge in [-0.2, -0.15) is 0 Å². The Hall–Kier alpha value is -1.43. The van der Waals surface area contributed by atoms with Crippen molar-refractivity contribution >= 4 is 21.6 Å². The first-order valence-corrected chi connectivity index (χ1v) is 6.29. The zero-order chi connectivity index (χ0) is 13.1. The number of nitrogens with zero attached hydrogens (tertiary/aromatic N) is 2. The van der Waals surface area contributed by atoms with E-state index >= 15 is 0 Å². The average molecular weight is 316 g/mol. The molecule has 2 aromatic rings. The van der Waals surface area contributed by atoms with Crippen molar-refractivity contribution in [2.24, 2.45) is 0 Å². The number of benzene rings is 1. The van der Waals surface area contributed by atoms with Gasteiger partial charge in [0.25, 0.3) is 0 Å². The van der Waals surface area contributed by atoms with Crippen LogP contribution in [0.25, 0.3) is 0 Å². The highest BCUT2D eigenvalue weighted by atomic mass is 79.9. The highest BCUT2D eigenvalue weighted by molar-refractivity contribution is 9.10. The number of hydrogen-bond donors (Lipinski definition) is 1. The van der Waals surface area contributed by atoms with Gasteiger partial charge in [0.1, 0.15) is 17.5 Å². The lowest BCUT2D eigenvalue weighted by atomic mass is 10.3. The largest absolute Gasteiger partial charge is 0.375 e. The van der Waals surface area contributed by atoms with Crippen molar-refractivity contribution in [2.75, 3.05) is 5.32 Å². The zero-order valence-electron chi connectivity index (χ0n) is 9.75. The number of rotatable bonds is 4. The second-order valence-corrected chi connectivity index (χ2v) is 4.58. The summed E-state index contributed by atoms with van der Waals surface area (Å²) >= 11 is 2.93. The number of nitrogens with one attached hydrogen (secondary N) is 1. The smallest absolute Gasteiger partial charge is 0.147 e. The van der Waals surface area contributed by atoms with Gasteiger partial charge in [-0.15, -0.1) is 0 Å². The monoisotopic (exact) mass is 315 g/mol. The van der Waals surface area contributed by atoms with Crippen molar-refractivity contribution in [2.45, 2.75) is 20.0 Å². The second-order valence-electron chi connectivity index (χ2n) is 3.73. The maximum atomic E-state index is 13.6. The molecule has 2 rings (SSSR count). The predicted molar refractivity (Wildman–Crippen MR) is 69.3 cm³/mol. The van der Waals surface area contributed by atoms with Gasteiger partial charge in [-0.1, -0.05) is 0 Å². The summed E-state index contributed by atoms with van der Waals surface area (Å²) in [7, 11) is 0. The Morgan fingerprint density at radius 1 is 1.33 bits per heavy atom. The highest BCUT2D eigenvalue weighted by Crippen LogP contribution is 2.23. The fraction of sp³-hybridized carbons (Fsp3) is 0.250. The Labute approximate surface area is 112 Å². The van der Waals surface area contributed by atoms with Crippen LogP contribution in [-0.4, -0.2) is 9.55 Å². The SMILES string of the molecule is CCn1ccnc1CNc1cc(F)c(Br)cc1F. The topological polar surface area (TPSA) is 29.9 Å². The van der Waals surface area contributed by atoms with E-state index < -0.39 is 11.6 Å². The lowest BCUT2D eigenvalue weighted by Crippen LogP contribution is -2.08. The van der Waals surface area contributed by atoms with Crippen LogP contribution in [0, 0.1) is 11.6 Å². The zero-order valence-corrected chi connectivity index (χ0v) is 11.3. The Kier molecular flexibility index (Phi) is 3.96. The van der Waals surface area contributed by atoms with Crippen LogP contribution in [0.2, 0.25) is 0 Å². The van der Waals surface area contributed by atoms with Crippen molar-refractivity contribution in [3.63, 3.8) is 0 Å². The van der Waals surface area contributed by atoms with E-state index in [-0.39, 0.29) is 10.2 Å². The van der Waals surface area contributed by atoms with E-state index in [1.54, 1.807) is 6.20 Å². The average Bonchev–Trinajstić information content (AvgIpc) is 2.79. The number of aromatic nitrogens is 2. The molecule has 0 bridgehead atoms. The van der Waals surface area contributed by atoms with E-state index in [4.69, 9.17) is 0 Å². The maximum Gasteiger partial charge on any atom is 0.147 e. The summed E-state index contributed by atoms with van der Waals surface area (Å²) in [6, 6.07) is 2.22. The van der Waals surface area contributed by atoms with E-state index in [0.29, 0.717) is 6.54 Å². The highest BCUT2D eigenvalue weighted by Gasteiger charge is 2.09. The summed E-state index contributed by atoms with van der Waals surface area (Å²) in [5, 5.41) is 2.84. The molecule has 1 heterocycles. The van der Waals surface area contributed by atoms with Crippen molar-refractivity contribution in [1.29, 1.82) is 0 Å². The molecule has 3 nitrogen and oxygen atoms in total. The van der Waals surface area contributed by atoms with Crippen LogP contribution in [-0.2, 0) is 13.1 Å². The van der Waals surface area contributed by atoms with Gasteiger partial charge in [0.2, 0.25) is 0 Å². The molecule has 0 saturated carbocycles. The third kappa shape index (κ3) is 2.69. The lowest BCUT2D eigenvalue weighted by Gasteiger charge is -2.09. The standard InChI is InChI=1S/C12H12BrF2N3/c1-2-18-4-3-16-12(18)7-17-11-6-9(14)8(13)5-10(11)15/h3-6,17H,2,7H2,1H3. The molecule has 0 unspecified atom stereocenters. The first-order chi connectivity index (χ1) is 8.61. The number of hydrogen-bond acceptors (Lipinski definition) is 2. The molecule has 0 aliphatic heterocycles. The van der Waals surface area contributed by atoms with Gasteiger partial charge in [0.15, 0.2) is 0 Å². The Bertz CT molecular complexity index is 554. The quantitative estimate of drug-likeness (QED) is 0.874. The van der Waals surface area contributed by atoms with Crippen LogP contribution < -0.4 is 5.32 Å². The van der Waals surface area contributed by atoms with Gasteiger partial charge in [-0.25, -0.2) is 13.8 Å². The van der Waals surface area contributed by atoms with Gasteiger partial charge in [0.05, 0.1) is 16.7 Å². The second kappa shape index (κ2) is 5.48. The van der Waals surface area contributed by atoms with Crippen molar-refractivity contribution < 1.29 is 8.78 Å². The van der Waals surface area contributed by atoms with Gasteiger partial charge in [-0.3, -0.25) is 0 Å². The Morgan fingerprint density at radius 2 is 2.11 bits per heavy atom. The molecule has 1 aromatic heterocycles. The molecule has 0 aliphatic carbocycles. The molecule has 1 aromatic carbocycles. The van der Waals surface area contributed by atoms with E-state index in [1.807, 2.05) is 17.7 Å². The molecule has 96 valence electrons. The fourth-order valence-electron chi connectivity index (χ4n) is 1.63. The summed E-state index contributed by atoms with van der Waals surface area (Å²) < 4.78 is 28.9. The predicted octanol–water partition coefficient (Wildman–Crippen LogP) is 3.56. The third-order valence-electron chi connectivity index (χ3n) is 2.59. The molecule has 0 saturated heterocycles. The van der Waals surface area contributed by atoms with Gasteiger partial charge in [0, 0.05) is 25.0 Å². The normalized spacial score (nSPS) is 10.7. The molecule has 0 radical (unpaired) electrons. The van der Waals surface area contributed by atoms with Crippen LogP contribution in [0.5, 0.6) is 0 Å². The van der Waals surface area contributed by atoms with E-state index in [0.717, 1.165) is 24.5 Å². The molecule has 0 aliphatic rings. The fourth-order valence-corrected chi connectivity index (χ4v) is 1.94. The van der Waals surface area contributed by atoms with Crippen LogP contribution in [0.1, 0.15) is 12.7 Å². The van der Waals surface area contributed by atoms with Crippen LogP contribution >= 0.6 is 15.9 Å². The summed E-state index contributed by atoms with van der Waals surface area (Å²) in [5.41, 5.74) is 0.126. The molecule has 6 heteroatoms. The molecular weight excluding hydrogens is 304 g/mol. The minimum atomic E-state index is -0.502. The summed E-state index contributed by atoms with van der Waals surface area (Å²) in [5.74, 6) is -0.226. The molecule has 0 spiro atoms. The van der Waals surface area contributed by atoms with E-state index in [1.165, 1.54) is 0 Å².